The van der Waals surface area contributed by atoms with Crippen LogP contribution in [-0.4, -0.2) is 22.6 Å². The summed E-state index contributed by atoms with van der Waals surface area (Å²) in [6.45, 7) is 1.04. The van der Waals surface area contributed by atoms with Crippen LogP contribution in [0.5, 0.6) is 11.6 Å². The van der Waals surface area contributed by atoms with Crippen LogP contribution in [0.2, 0.25) is 0 Å². The van der Waals surface area contributed by atoms with Gasteiger partial charge >= 0.3 is 0 Å². The largest absolute Gasteiger partial charge is 0.493 e. The zero-order valence-corrected chi connectivity index (χ0v) is 15.3. The van der Waals surface area contributed by atoms with Crippen LogP contribution >= 0.6 is 0 Å². The smallest absolute Gasteiger partial charge is 0.226 e. The first kappa shape index (κ1) is 17.6. The Hall–Kier alpha value is -3.78. The average molecular weight is 369 g/mol. The van der Waals surface area contributed by atoms with Crippen LogP contribution in [0, 0.1) is 11.3 Å². The molecule has 0 aliphatic rings. The predicted molar refractivity (Wildman–Crippen MR) is 107 cm³/mol. The van der Waals surface area contributed by atoms with Crippen molar-refractivity contribution in [1.29, 1.82) is 5.26 Å². The van der Waals surface area contributed by atoms with Gasteiger partial charge in [0.15, 0.2) is 0 Å². The highest BCUT2D eigenvalue weighted by Crippen LogP contribution is 2.31. The first-order chi connectivity index (χ1) is 13.8. The van der Waals surface area contributed by atoms with Crippen LogP contribution < -0.4 is 9.47 Å². The highest BCUT2D eigenvalue weighted by molar-refractivity contribution is 5.69. The predicted octanol–water partition coefficient (Wildman–Crippen LogP) is 4.72. The lowest BCUT2D eigenvalue weighted by Gasteiger charge is -2.09. The minimum atomic E-state index is 0.483. The second kappa shape index (κ2) is 8.28. The molecule has 0 saturated carbocycles. The number of hydrogen-bond donors (Lipinski definition) is 0. The van der Waals surface area contributed by atoms with Gasteiger partial charge in [-0.25, -0.2) is 4.98 Å². The van der Waals surface area contributed by atoms with Crippen LogP contribution in [0.1, 0.15) is 12.0 Å². The zero-order valence-electron chi connectivity index (χ0n) is 15.3. The molecule has 4 rings (SSSR count). The molecular weight excluding hydrogens is 350 g/mol. The Labute approximate surface area is 163 Å². The Bertz CT molecular complexity index is 1100. The van der Waals surface area contributed by atoms with E-state index in [1.165, 1.54) is 0 Å². The first-order valence-corrected chi connectivity index (χ1v) is 9.13. The van der Waals surface area contributed by atoms with Crippen molar-refractivity contribution in [3.63, 3.8) is 0 Å². The summed E-state index contributed by atoms with van der Waals surface area (Å²) in [4.78, 5) is 4.70. The highest BCUT2D eigenvalue weighted by Gasteiger charge is 2.16. The summed E-state index contributed by atoms with van der Waals surface area (Å²) in [6, 6.07) is 25.4. The van der Waals surface area contributed by atoms with E-state index < -0.39 is 0 Å². The molecule has 2 aromatic heterocycles. The highest BCUT2D eigenvalue weighted by atomic mass is 16.5. The topological polar surface area (TPSA) is 59.5 Å². The van der Waals surface area contributed by atoms with Crippen LogP contribution in [0.4, 0.5) is 0 Å². The van der Waals surface area contributed by atoms with Gasteiger partial charge in [0.05, 0.1) is 18.8 Å². The van der Waals surface area contributed by atoms with Crippen molar-refractivity contribution in [2.45, 2.75) is 6.42 Å². The van der Waals surface area contributed by atoms with E-state index in [9.17, 15) is 5.26 Å². The summed E-state index contributed by atoms with van der Waals surface area (Å²) in [6.07, 6.45) is 2.48. The van der Waals surface area contributed by atoms with Crippen molar-refractivity contribution in [2.75, 3.05) is 13.2 Å². The van der Waals surface area contributed by atoms with Gasteiger partial charge in [0, 0.05) is 18.2 Å². The standard InChI is InChI=1S/C23H19N3O2/c24-16-18-12-13-21-25-22(19-8-3-1-4-9-19)23(26(21)17-18)28-15-7-14-27-20-10-5-2-6-11-20/h1-6,8-13,17H,7,14-15H2. The zero-order chi connectivity index (χ0) is 19.2. The van der Waals surface area contributed by atoms with E-state index in [2.05, 4.69) is 6.07 Å². The van der Waals surface area contributed by atoms with Gasteiger partial charge in [-0.15, -0.1) is 0 Å². The van der Waals surface area contributed by atoms with Crippen molar-refractivity contribution >= 4 is 5.65 Å². The molecule has 138 valence electrons. The van der Waals surface area contributed by atoms with Crippen LogP contribution in [0.3, 0.4) is 0 Å². The Morgan fingerprint density at radius 3 is 2.32 bits per heavy atom. The van der Waals surface area contributed by atoms with Crippen molar-refractivity contribution in [2.24, 2.45) is 0 Å². The third kappa shape index (κ3) is 3.81. The summed E-state index contributed by atoms with van der Waals surface area (Å²) in [5.74, 6) is 1.49. The SMILES string of the molecule is N#Cc1ccc2nc(-c3ccccc3)c(OCCCOc3ccccc3)n2c1. The molecule has 0 spiro atoms. The summed E-state index contributed by atoms with van der Waals surface area (Å²) in [5.41, 5.74) is 3.04. The first-order valence-electron chi connectivity index (χ1n) is 9.13. The Kier molecular flexibility index (Phi) is 5.21. The molecular formula is C23H19N3O2. The molecule has 28 heavy (non-hydrogen) atoms. The molecule has 0 saturated heterocycles. The van der Waals surface area contributed by atoms with Crippen molar-refractivity contribution < 1.29 is 9.47 Å². The van der Waals surface area contributed by atoms with Gasteiger partial charge in [-0.3, -0.25) is 4.40 Å². The summed E-state index contributed by atoms with van der Waals surface area (Å²) < 4.78 is 13.6. The number of rotatable bonds is 7. The third-order valence-electron chi connectivity index (χ3n) is 4.29. The molecule has 0 fully saturated rings. The lowest BCUT2D eigenvalue weighted by molar-refractivity contribution is 0.242. The molecule has 0 radical (unpaired) electrons. The lowest BCUT2D eigenvalue weighted by atomic mass is 10.2. The van der Waals surface area contributed by atoms with E-state index in [1.54, 1.807) is 12.3 Å². The number of fused-ring (bicyclic) bond motifs is 1. The second-order valence-corrected chi connectivity index (χ2v) is 6.25. The van der Waals surface area contributed by atoms with Gasteiger partial charge in [-0.1, -0.05) is 48.5 Å². The number of ether oxygens (including phenoxy) is 2. The number of pyridine rings is 1. The fourth-order valence-corrected chi connectivity index (χ4v) is 2.95. The third-order valence-corrected chi connectivity index (χ3v) is 4.29. The molecule has 0 aliphatic heterocycles. The number of aromatic nitrogens is 2. The van der Waals surface area contributed by atoms with Gasteiger partial charge in [0.2, 0.25) is 5.88 Å². The maximum absolute atomic E-state index is 9.22. The monoisotopic (exact) mass is 369 g/mol. The van der Waals surface area contributed by atoms with E-state index in [1.807, 2.05) is 71.1 Å². The van der Waals surface area contributed by atoms with Gasteiger partial charge in [-0.05, 0) is 24.3 Å². The van der Waals surface area contributed by atoms with E-state index in [0.717, 1.165) is 29.1 Å². The van der Waals surface area contributed by atoms with E-state index in [4.69, 9.17) is 14.5 Å². The fourth-order valence-electron chi connectivity index (χ4n) is 2.95. The summed E-state index contributed by atoms with van der Waals surface area (Å²) in [7, 11) is 0. The summed E-state index contributed by atoms with van der Waals surface area (Å²) >= 11 is 0. The number of imidazole rings is 1. The number of nitrogens with zero attached hydrogens (tertiary/aromatic N) is 3. The molecule has 0 N–H and O–H groups in total. The number of nitriles is 1. The maximum Gasteiger partial charge on any atom is 0.226 e. The molecule has 5 heteroatoms. The van der Waals surface area contributed by atoms with Gasteiger partial charge < -0.3 is 9.47 Å². The minimum Gasteiger partial charge on any atom is -0.493 e. The van der Waals surface area contributed by atoms with Crippen molar-refractivity contribution in [3.8, 4) is 29.0 Å². The molecule has 0 bridgehead atoms. The quantitative estimate of drug-likeness (QED) is 0.442. The molecule has 0 aliphatic carbocycles. The van der Waals surface area contributed by atoms with E-state index in [0.29, 0.717) is 24.7 Å². The average Bonchev–Trinajstić information content (AvgIpc) is 3.12. The second-order valence-electron chi connectivity index (χ2n) is 6.25. The molecule has 0 amide bonds. The molecule has 0 atom stereocenters. The molecule has 5 nitrogen and oxygen atoms in total. The molecule has 0 unspecified atom stereocenters. The van der Waals surface area contributed by atoms with Gasteiger partial charge in [0.25, 0.3) is 0 Å². The summed E-state index contributed by atoms with van der Waals surface area (Å²) in [5, 5.41) is 9.22. The Morgan fingerprint density at radius 2 is 1.57 bits per heavy atom. The minimum absolute atomic E-state index is 0.483. The van der Waals surface area contributed by atoms with E-state index in [-0.39, 0.29) is 0 Å². The normalized spacial score (nSPS) is 10.5. The molecule has 2 heterocycles. The molecule has 2 aromatic carbocycles. The molecule has 4 aromatic rings. The van der Waals surface area contributed by atoms with Crippen LogP contribution in [0.25, 0.3) is 16.9 Å². The maximum atomic E-state index is 9.22. The van der Waals surface area contributed by atoms with Crippen molar-refractivity contribution in [3.05, 3.63) is 84.6 Å². The van der Waals surface area contributed by atoms with Crippen LogP contribution in [0.15, 0.2) is 79.0 Å². The fraction of sp³-hybridized carbons (Fsp3) is 0.130. The van der Waals surface area contributed by atoms with Crippen LogP contribution in [-0.2, 0) is 0 Å². The Morgan fingerprint density at radius 1 is 0.857 bits per heavy atom. The number of hydrogen-bond acceptors (Lipinski definition) is 4. The van der Waals surface area contributed by atoms with Gasteiger partial charge in [0.1, 0.15) is 23.2 Å². The van der Waals surface area contributed by atoms with Gasteiger partial charge in [-0.2, -0.15) is 5.26 Å². The Balaban J connectivity index is 1.53. The number of benzene rings is 2. The lowest BCUT2D eigenvalue weighted by Crippen LogP contribution is -2.06. The number of para-hydroxylation sites is 1. The van der Waals surface area contributed by atoms with E-state index >= 15 is 0 Å². The van der Waals surface area contributed by atoms with Crippen molar-refractivity contribution in [1.82, 2.24) is 9.38 Å².